The summed E-state index contributed by atoms with van der Waals surface area (Å²) >= 11 is 0. The van der Waals surface area contributed by atoms with Crippen LogP contribution in [0.4, 0.5) is 11.4 Å². The van der Waals surface area contributed by atoms with E-state index < -0.39 is 0 Å². The fraction of sp³-hybridized carbons (Fsp3) is 0.235. The van der Waals surface area contributed by atoms with E-state index in [0.717, 1.165) is 49.9 Å². The molecule has 0 heterocycles. The summed E-state index contributed by atoms with van der Waals surface area (Å²) in [7, 11) is 0. The summed E-state index contributed by atoms with van der Waals surface area (Å²) in [5.74, 6) is 0.369. The van der Waals surface area contributed by atoms with Crippen molar-refractivity contribution in [3.8, 4) is 0 Å². The molecule has 4 aromatic rings. The summed E-state index contributed by atoms with van der Waals surface area (Å²) in [6, 6.07) is 36.4. The van der Waals surface area contributed by atoms with Crippen molar-refractivity contribution < 1.29 is 0 Å². The fourth-order valence-corrected chi connectivity index (χ4v) is 4.96. The highest BCUT2D eigenvalue weighted by molar-refractivity contribution is 5.81. The Labute approximate surface area is 216 Å². The highest BCUT2D eigenvalue weighted by atomic mass is 14.5. The Kier molecular flexibility index (Phi) is 8.99. The van der Waals surface area contributed by atoms with Crippen LogP contribution in [0, 0.1) is 0 Å². The van der Waals surface area contributed by atoms with Crippen LogP contribution in [0.5, 0.6) is 0 Å². The molecule has 36 heavy (non-hydrogen) atoms. The van der Waals surface area contributed by atoms with E-state index in [2.05, 4.69) is 97.9 Å². The first-order valence-electron chi connectivity index (χ1n) is 13.2. The Balaban J connectivity index is 1.45. The highest BCUT2D eigenvalue weighted by Gasteiger charge is 2.14. The van der Waals surface area contributed by atoms with Crippen molar-refractivity contribution in [2.24, 2.45) is 0 Å². The molecule has 0 saturated heterocycles. The second kappa shape index (κ2) is 12.8. The molecule has 0 bridgehead atoms. The van der Waals surface area contributed by atoms with Crippen molar-refractivity contribution in [1.29, 1.82) is 0 Å². The molecule has 1 atom stereocenters. The van der Waals surface area contributed by atoms with Gasteiger partial charge in [-0.15, -0.1) is 0 Å². The van der Waals surface area contributed by atoms with Gasteiger partial charge >= 0.3 is 0 Å². The van der Waals surface area contributed by atoms with Gasteiger partial charge in [0.25, 0.3) is 0 Å². The first-order chi connectivity index (χ1) is 17.6. The second-order valence-corrected chi connectivity index (χ2v) is 9.61. The minimum atomic E-state index is 0.369. The van der Waals surface area contributed by atoms with Crippen molar-refractivity contribution in [1.82, 2.24) is 0 Å². The number of allylic oxidation sites excluding steroid dienone is 1. The molecule has 1 unspecified atom stereocenters. The topological polar surface area (TPSA) is 52.0 Å². The number of unbranched alkanes of at least 4 members (excludes halogenated alkanes) is 2. The molecule has 2 heteroatoms. The number of aryl methyl sites for hydroxylation is 1. The van der Waals surface area contributed by atoms with Gasteiger partial charge in [0.15, 0.2) is 0 Å². The summed E-state index contributed by atoms with van der Waals surface area (Å²) in [5, 5.41) is 0. The van der Waals surface area contributed by atoms with E-state index >= 15 is 0 Å². The fourth-order valence-electron chi connectivity index (χ4n) is 4.96. The second-order valence-electron chi connectivity index (χ2n) is 9.61. The summed E-state index contributed by atoms with van der Waals surface area (Å²) in [6.07, 6.45) is 9.03. The minimum absolute atomic E-state index is 0.369. The molecule has 4 aromatic carbocycles. The van der Waals surface area contributed by atoms with Gasteiger partial charge in [-0.3, -0.25) is 0 Å². The molecular weight excluding hydrogens is 436 g/mol. The average molecular weight is 475 g/mol. The number of hydrogen-bond acceptors (Lipinski definition) is 2. The van der Waals surface area contributed by atoms with Crippen LogP contribution in [0.1, 0.15) is 72.8 Å². The third-order valence-corrected chi connectivity index (χ3v) is 6.80. The molecule has 0 aromatic heterocycles. The molecule has 4 N–H and O–H groups in total. The standard InChI is InChI=1S/C34H38N2/c1-2-3-21-34(30-18-11-20-32(36)25-30)28-16-9-13-26(23-28)12-7-8-22-33(27-14-5-4-6-15-27)29-17-10-19-31(35)24-29/h4-6,9-11,13-21,23-25,33H,2-3,7-8,12,22,35-36H2,1H3/b34-21-. The maximum absolute atomic E-state index is 6.11. The van der Waals surface area contributed by atoms with Crippen molar-refractivity contribution in [2.75, 3.05) is 11.5 Å². The first kappa shape index (κ1) is 25.3. The molecular formula is C34H38N2. The average Bonchev–Trinajstić information content (AvgIpc) is 2.90. The number of hydrogen-bond donors (Lipinski definition) is 2. The van der Waals surface area contributed by atoms with E-state index in [0.29, 0.717) is 5.92 Å². The van der Waals surface area contributed by atoms with E-state index in [4.69, 9.17) is 11.5 Å². The zero-order valence-electron chi connectivity index (χ0n) is 21.4. The van der Waals surface area contributed by atoms with Crippen LogP contribution < -0.4 is 11.5 Å². The Morgan fingerprint density at radius 3 is 2.08 bits per heavy atom. The van der Waals surface area contributed by atoms with Gasteiger partial charge in [0, 0.05) is 17.3 Å². The molecule has 0 fully saturated rings. The largest absolute Gasteiger partial charge is 0.399 e. The Hall–Kier alpha value is -3.78. The molecule has 0 radical (unpaired) electrons. The van der Waals surface area contributed by atoms with E-state index in [1.165, 1.54) is 33.4 Å². The number of rotatable bonds is 11. The minimum Gasteiger partial charge on any atom is -0.399 e. The van der Waals surface area contributed by atoms with Crippen molar-refractivity contribution in [3.05, 3.63) is 137 Å². The van der Waals surface area contributed by atoms with Gasteiger partial charge in [-0.1, -0.05) is 105 Å². The molecule has 0 amide bonds. The molecule has 0 aliphatic heterocycles. The van der Waals surface area contributed by atoms with Crippen LogP contribution in [-0.2, 0) is 6.42 Å². The smallest absolute Gasteiger partial charge is 0.0320 e. The first-order valence-corrected chi connectivity index (χ1v) is 13.2. The van der Waals surface area contributed by atoms with Crippen LogP contribution in [0.3, 0.4) is 0 Å². The van der Waals surface area contributed by atoms with Gasteiger partial charge in [0.2, 0.25) is 0 Å². The van der Waals surface area contributed by atoms with Gasteiger partial charge in [0.05, 0.1) is 0 Å². The highest BCUT2D eigenvalue weighted by Crippen LogP contribution is 2.31. The van der Waals surface area contributed by atoms with Gasteiger partial charge in [-0.25, -0.2) is 0 Å². The Morgan fingerprint density at radius 1 is 0.694 bits per heavy atom. The zero-order chi connectivity index (χ0) is 25.2. The van der Waals surface area contributed by atoms with Crippen LogP contribution in [0.2, 0.25) is 0 Å². The lowest BCUT2D eigenvalue weighted by Gasteiger charge is -2.19. The Morgan fingerprint density at radius 2 is 1.36 bits per heavy atom. The van der Waals surface area contributed by atoms with Crippen molar-refractivity contribution in [3.63, 3.8) is 0 Å². The van der Waals surface area contributed by atoms with Gasteiger partial charge in [0.1, 0.15) is 0 Å². The summed E-state index contributed by atoms with van der Waals surface area (Å²) in [6.45, 7) is 2.22. The third-order valence-electron chi connectivity index (χ3n) is 6.80. The predicted octanol–water partition coefficient (Wildman–Crippen LogP) is 8.63. The van der Waals surface area contributed by atoms with Gasteiger partial charge in [-0.2, -0.15) is 0 Å². The Bertz CT molecular complexity index is 1270. The van der Waals surface area contributed by atoms with Crippen LogP contribution in [0.25, 0.3) is 5.57 Å². The van der Waals surface area contributed by atoms with E-state index in [1.54, 1.807) is 0 Å². The lowest BCUT2D eigenvalue weighted by Crippen LogP contribution is -2.02. The van der Waals surface area contributed by atoms with Gasteiger partial charge < -0.3 is 11.5 Å². The lowest BCUT2D eigenvalue weighted by molar-refractivity contribution is 0.626. The van der Waals surface area contributed by atoms with E-state index in [-0.39, 0.29) is 0 Å². The number of benzene rings is 4. The number of nitrogens with two attached hydrogens (primary N) is 2. The van der Waals surface area contributed by atoms with E-state index in [9.17, 15) is 0 Å². The third kappa shape index (κ3) is 6.88. The van der Waals surface area contributed by atoms with Crippen LogP contribution >= 0.6 is 0 Å². The number of nitrogen functional groups attached to an aromatic ring is 2. The normalized spacial score (nSPS) is 12.4. The monoisotopic (exact) mass is 474 g/mol. The number of anilines is 2. The molecule has 2 nitrogen and oxygen atoms in total. The predicted molar refractivity (Wildman–Crippen MR) is 156 cm³/mol. The van der Waals surface area contributed by atoms with E-state index in [1.807, 2.05) is 18.2 Å². The molecule has 0 aliphatic carbocycles. The quantitative estimate of drug-likeness (QED) is 0.169. The molecule has 4 rings (SSSR count). The maximum atomic E-state index is 6.11. The van der Waals surface area contributed by atoms with Crippen LogP contribution in [-0.4, -0.2) is 0 Å². The van der Waals surface area contributed by atoms with Crippen LogP contribution in [0.15, 0.2) is 109 Å². The molecule has 0 saturated carbocycles. The lowest BCUT2D eigenvalue weighted by atomic mass is 9.86. The zero-order valence-corrected chi connectivity index (χ0v) is 21.4. The summed E-state index contributed by atoms with van der Waals surface area (Å²) in [5.41, 5.74) is 21.6. The molecule has 0 spiro atoms. The van der Waals surface area contributed by atoms with Gasteiger partial charge in [-0.05, 0) is 83.3 Å². The summed E-state index contributed by atoms with van der Waals surface area (Å²) in [4.78, 5) is 0. The SMILES string of the molecule is CCC/C=C(\c1cccc(N)c1)c1cccc(CCCCC(c2ccccc2)c2cccc(N)c2)c1. The maximum Gasteiger partial charge on any atom is 0.0320 e. The molecule has 0 aliphatic rings. The van der Waals surface area contributed by atoms with Crippen molar-refractivity contribution >= 4 is 16.9 Å². The molecule has 184 valence electrons. The summed E-state index contributed by atoms with van der Waals surface area (Å²) < 4.78 is 0. The van der Waals surface area contributed by atoms with Crippen molar-refractivity contribution in [2.45, 2.75) is 51.4 Å².